The highest BCUT2D eigenvalue weighted by Crippen LogP contribution is 2.31. The number of esters is 1. The molecule has 3 aromatic carbocycles. The molecule has 41 heavy (non-hydrogen) atoms. The van der Waals surface area contributed by atoms with Crippen LogP contribution >= 0.6 is 11.3 Å². The van der Waals surface area contributed by atoms with Crippen molar-refractivity contribution in [3.63, 3.8) is 0 Å². The maximum atomic E-state index is 14.1. The van der Waals surface area contributed by atoms with E-state index in [0.717, 1.165) is 33.3 Å². The number of carbonyl (C=O) groups is 1. The summed E-state index contributed by atoms with van der Waals surface area (Å²) in [6.45, 7) is 4.33. The second kappa shape index (κ2) is 10.5. The van der Waals surface area contributed by atoms with Crippen LogP contribution < -0.4 is 14.9 Å². The molecule has 1 aliphatic heterocycles. The number of rotatable bonds is 5. The number of hydrogen-bond donors (Lipinski definition) is 0. The van der Waals surface area contributed by atoms with Crippen molar-refractivity contribution in [3.8, 4) is 6.07 Å². The first kappa shape index (κ1) is 26.2. The zero-order chi connectivity index (χ0) is 28.7. The van der Waals surface area contributed by atoms with Crippen LogP contribution in [0.25, 0.3) is 17.0 Å². The van der Waals surface area contributed by atoms with Gasteiger partial charge in [-0.05, 0) is 43.2 Å². The number of methoxy groups -OCH3 is 1. The number of allylic oxidation sites excluding steroid dienone is 1. The van der Waals surface area contributed by atoms with Crippen molar-refractivity contribution >= 4 is 34.3 Å². The van der Waals surface area contributed by atoms with Gasteiger partial charge < -0.3 is 9.30 Å². The first-order valence-corrected chi connectivity index (χ1v) is 14.0. The van der Waals surface area contributed by atoms with Crippen LogP contribution in [-0.2, 0) is 16.1 Å². The molecule has 6 rings (SSSR count). The van der Waals surface area contributed by atoms with E-state index in [1.165, 1.54) is 18.4 Å². The highest BCUT2D eigenvalue weighted by Gasteiger charge is 2.33. The summed E-state index contributed by atoms with van der Waals surface area (Å²) in [5, 5.41) is 10.6. The van der Waals surface area contributed by atoms with E-state index >= 15 is 0 Å². The molecule has 0 N–H and O–H groups in total. The van der Waals surface area contributed by atoms with Crippen LogP contribution in [0.2, 0.25) is 0 Å². The van der Waals surface area contributed by atoms with Crippen LogP contribution in [-0.4, -0.2) is 22.2 Å². The molecule has 0 spiro atoms. The van der Waals surface area contributed by atoms with Crippen molar-refractivity contribution in [3.05, 3.63) is 138 Å². The summed E-state index contributed by atoms with van der Waals surface area (Å²) >= 11 is 1.31. The quantitative estimate of drug-likeness (QED) is 0.295. The number of benzene rings is 3. The summed E-state index contributed by atoms with van der Waals surface area (Å²) in [6.07, 6.45) is 1.92. The third-order valence-corrected chi connectivity index (χ3v) is 8.55. The zero-order valence-electron chi connectivity index (χ0n) is 22.8. The van der Waals surface area contributed by atoms with Crippen LogP contribution in [0.1, 0.15) is 40.9 Å². The smallest absolute Gasteiger partial charge is 0.338 e. The summed E-state index contributed by atoms with van der Waals surface area (Å²) in [4.78, 5) is 32.1. The summed E-state index contributed by atoms with van der Waals surface area (Å²) in [5.74, 6) is -0.508. The van der Waals surface area contributed by atoms with Crippen molar-refractivity contribution in [1.82, 2.24) is 9.13 Å². The predicted molar refractivity (Wildman–Crippen MR) is 159 cm³/mol. The lowest BCUT2D eigenvalue weighted by Crippen LogP contribution is -2.39. The molecule has 202 valence electrons. The van der Waals surface area contributed by atoms with Gasteiger partial charge in [-0.1, -0.05) is 78.1 Å². The second-order valence-electron chi connectivity index (χ2n) is 9.86. The van der Waals surface area contributed by atoms with E-state index in [4.69, 9.17) is 4.74 Å². The number of ether oxygens (including phenoxy) is 1. The number of hydrogen-bond acceptors (Lipinski definition) is 6. The Morgan fingerprint density at radius 1 is 1.05 bits per heavy atom. The monoisotopic (exact) mass is 558 g/mol. The van der Waals surface area contributed by atoms with Gasteiger partial charge in [0.05, 0.1) is 40.6 Å². The zero-order valence-corrected chi connectivity index (χ0v) is 23.6. The Balaban J connectivity index is 1.56. The molecule has 8 heteroatoms. The lowest BCUT2D eigenvalue weighted by atomic mass is 9.96. The van der Waals surface area contributed by atoms with E-state index in [0.29, 0.717) is 32.7 Å². The van der Waals surface area contributed by atoms with Crippen LogP contribution in [0, 0.1) is 18.3 Å². The van der Waals surface area contributed by atoms with Gasteiger partial charge in [0.1, 0.15) is 0 Å². The topological polar surface area (TPSA) is 89.4 Å². The third-order valence-electron chi connectivity index (χ3n) is 7.56. The van der Waals surface area contributed by atoms with E-state index in [-0.39, 0.29) is 5.56 Å². The Bertz CT molecular complexity index is 2090. The van der Waals surface area contributed by atoms with E-state index < -0.39 is 12.0 Å². The Kier molecular flexibility index (Phi) is 6.73. The summed E-state index contributed by atoms with van der Waals surface area (Å²) in [5.41, 5.74) is 5.96. The van der Waals surface area contributed by atoms with E-state index in [1.54, 1.807) is 11.5 Å². The molecule has 1 aliphatic rings. The first-order valence-electron chi connectivity index (χ1n) is 13.1. The Morgan fingerprint density at radius 3 is 2.51 bits per heavy atom. The third kappa shape index (κ3) is 4.41. The van der Waals surface area contributed by atoms with Crippen molar-refractivity contribution in [2.24, 2.45) is 4.99 Å². The van der Waals surface area contributed by atoms with Crippen molar-refractivity contribution in [1.29, 1.82) is 5.26 Å². The number of fused-ring (bicyclic) bond motifs is 2. The number of carbonyl (C=O) groups excluding carboxylic acids is 1. The van der Waals surface area contributed by atoms with Crippen molar-refractivity contribution in [2.75, 3.05) is 7.11 Å². The minimum atomic E-state index is -0.646. The molecule has 0 saturated heterocycles. The van der Waals surface area contributed by atoms with Gasteiger partial charge in [0.2, 0.25) is 0 Å². The number of nitriles is 1. The van der Waals surface area contributed by atoms with Gasteiger partial charge >= 0.3 is 5.97 Å². The predicted octanol–water partition coefficient (Wildman–Crippen LogP) is 4.59. The second-order valence-corrected chi connectivity index (χ2v) is 10.9. The molecule has 0 bridgehead atoms. The van der Waals surface area contributed by atoms with Gasteiger partial charge in [-0.15, -0.1) is 0 Å². The first-order chi connectivity index (χ1) is 19.9. The lowest BCUT2D eigenvalue weighted by molar-refractivity contribution is -0.136. The van der Waals surface area contributed by atoms with Crippen LogP contribution in [0.5, 0.6) is 0 Å². The minimum absolute atomic E-state index is 0.220. The lowest BCUT2D eigenvalue weighted by Gasteiger charge is -2.24. The summed E-state index contributed by atoms with van der Waals surface area (Å²) < 4.78 is 9.40. The van der Waals surface area contributed by atoms with Crippen molar-refractivity contribution < 1.29 is 9.53 Å². The molecule has 0 aliphatic carbocycles. The molecule has 2 aromatic heterocycles. The van der Waals surface area contributed by atoms with E-state index in [9.17, 15) is 14.9 Å². The van der Waals surface area contributed by atoms with Gasteiger partial charge in [-0.25, -0.2) is 9.79 Å². The van der Waals surface area contributed by atoms with Crippen LogP contribution in [0.15, 0.2) is 99.9 Å². The minimum Gasteiger partial charge on any atom is -0.466 e. The fourth-order valence-electron chi connectivity index (χ4n) is 5.56. The fourth-order valence-corrected chi connectivity index (χ4v) is 6.58. The molecule has 0 radical (unpaired) electrons. The number of nitrogens with zero attached hydrogens (tertiary/aromatic N) is 4. The average Bonchev–Trinajstić information content (AvgIpc) is 3.45. The maximum Gasteiger partial charge on any atom is 0.338 e. The Morgan fingerprint density at radius 2 is 1.76 bits per heavy atom. The molecule has 0 fully saturated rings. The van der Waals surface area contributed by atoms with Gasteiger partial charge in [0.25, 0.3) is 5.56 Å². The van der Waals surface area contributed by atoms with Gasteiger partial charge in [-0.2, -0.15) is 5.26 Å². The summed E-state index contributed by atoms with van der Waals surface area (Å²) in [7, 11) is 1.34. The molecular weight excluding hydrogens is 532 g/mol. The SMILES string of the molecule is COC(=O)C1=C(C)N=c2sc(=Cc3c(C)n(Cc4ccccc4C#N)c4ccccc34)c(=O)n2C1c1ccccc1. The van der Waals surface area contributed by atoms with Crippen molar-refractivity contribution in [2.45, 2.75) is 26.4 Å². The Labute approximate surface area is 240 Å². The molecule has 1 atom stereocenters. The highest BCUT2D eigenvalue weighted by atomic mass is 32.1. The van der Waals surface area contributed by atoms with Gasteiger partial charge in [0, 0.05) is 28.7 Å². The molecular formula is C33H26N4O3S. The largest absolute Gasteiger partial charge is 0.466 e. The van der Waals surface area contributed by atoms with Crippen LogP contribution in [0.4, 0.5) is 0 Å². The number of aromatic nitrogens is 2. The van der Waals surface area contributed by atoms with Gasteiger partial charge in [-0.3, -0.25) is 9.36 Å². The van der Waals surface area contributed by atoms with Gasteiger partial charge in [0.15, 0.2) is 4.80 Å². The fraction of sp³-hybridized carbons (Fsp3) is 0.152. The highest BCUT2D eigenvalue weighted by molar-refractivity contribution is 7.07. The molecule has 3 heterocycles. The van der Waals surface area contributed by atoms with Crippen LogP contribution in [0.3, 0.4) is 0 Å². The molecule has 7 nitrogen and oxygen atoms in total. The standard InChI is InChI=1S/C33H26N4O3S/c1-20-29(32(39)40-3)30(22-11-5-4-6-12-22)37-31(38)28(41-33(37)35-20)17-26-21(2)36(27-16-10-9-15-25(26)27)19-24-14-8-7-13-23(24)18-34/h4-17,30H,19H2,1-3H3. The summed E-state index contributed by atoms with van der Waals surface area (Å²) in [6, 6.07) is 26.8. The van der Waals surface area contributed by atoms with E-state index in [2.05, 4.69) is 21.7 Å². The van der Waals surface area contributed by atoms with E-state index in [1.807, 2.05) is 85.8 Å². The Hall–Kier alpha value is -5.00. The maximum absolute atomic E-state index is 14.1. The average molecular weight is 559 g/mol. The molecule has 5 aromatic rings. The molecule has 0 saturated carbocycles. The molecule has 1 unspecified atom stereocenters. The number of para-hydroxylation sites is 1. The number of thiazole rings is 1. The normalized spacial score (nSPS) is 15.0. The molecule has 0 amide bonds.